The number of aromatic nitrogens is 2. The second kappa shape index (κ2) is 6.17. The van der Waals surface area contributed by atoms with E-state index in [1.807, 2.05) is 32.0 Å². The Balaban J connectivity index is 1.79. The summed E-state index contributed by atoms with van der Waals surface area (Å²) in [5, 5.41) is 5.66. The highest BCUT2D eigenvalue weighted by molar-refractivity contribution is 6.36. The Bertz CT molecular complexity index is 1050. The molecule has 0 saturated heterocycles. The van der Waals surface area contributed by atoms with Gasteiger partial charge in [-0.3, -0.25) is 0 Å². The summed E-state index contributed by atoms with van der Waals surface area (Å²) in [6.07, 6.45) is 1.61. The zero-order valence-electron chi connectivity index (χ0n) is 13.5. The average molecular weight is 377 g/mol. The molecule has 1 aromatic carbocycles. The number of hydrogen-bond acceptors (Lipinski definition) is 4. The molecule has 0 aliphatic carbocycles. The average Bonchev–Trinajstić information content (AvgIpc) is 3.24. The molecule has 3 aromatic heterocycles. The van der Waals surface area contributed by atoms with E-state index in [1.54, 1.807) is 22.9 Å². The van der Waals surface area contributed by atoms with E-state index in [4.69, 9.17) is 36.8 Å². The van der Waals surface area contributed by atoms with Crippen LogP contribution in [0.2, 0.25) is 10.0 Å². The molecular formula is C18H14Cl2N2O3. The molecule has 0 N–H and O–H groups in total. The van der Waals surface area contributed by atoms with Crippen LogP contribution in [0.15, 0.2) is 45.4 Å². The Hall–Kier alpha value is -2.37. The van der Waals surface area contributed by atoms with Gasteiger partial charge in [0.25, 0.3) is 5.71 Å². The van der Waals surface area contributed by atoms with Crippen LogP contribution in [-0.2, 0) is 6.61 Å². The largest absolute Gasteiger partial charge is 0.478 e. The van der Waals surface area contributed by atoms with E-state index < -0.39 is 0 Å². The van der Waals surface area contributed by atoms with Gasteiger partial charge in [-0.05, 0) is 44.2 Å². The van der Waals surface area contributed by atoms with Crippen molar-refractivity contribution in [2.45, 2.75) is 20.5 Å². The van der Waals surface area contributed by atoms with E-state index >= 15 is 0 Å². The van der Waals surface area contributed by atoms with E-state index in [0.717, 1.165) is 22.7 Å². The van der Waals surface area contributed by atoms with Crippen LogP contribution in [0.4, 0.5) is 0 Å². The predicted molar refractivity (Wildman–Crippen MR) is 95.4 cm³/mol. The molecule has 5 nitrogen and oxygen atoms in total. The number of aryl methyl sites for hydroxylation is 2. The zero-order chi connectivity index (χ0) is 17.6. The molecule has 0 atom stereocenters. The predicted octanol–water partition coefficient (Wildman–Crippen LogP) is 5.69. The number of oxazole rings is 1. The lowest BCUT2D eigenvalue weighted by Gasteiger charge is -2.03. The van der Waals surface area contributed by atoms with Crippen LogP contribution in [0, 0.1) is 13.8 Å². The lowest BCUT2D eigenvalue weighted by Crippen LogP contribution is -1.94. The third kappa shape index (κ3) is 2.79. The number of nitrogens with zero attached hydrogens (tertiary/aromatic N) is 2. The first-order valence-corrected chi connectivity index (χ1v) is 8.39. The summed E-state index contributed by atoms with van der Waals surface area (Å²) >= 11 is 12.4. The number of ether oxygens (including phenoxy) is 1. The van der Waals surface area contributed by atoms with Gasteiger partial charge in [-0.15, -0.1) is 0 Å². The number of benzene rings is 1. The first kappa shape index (κ1) is 16.1. The third-order valence-corrected chi connectivity index (χ3v) is 4.43. The van der Waals surface area contributed by atoms with Crippen LogP contribution >= 0.6 is 23.2 Å². The van der Waals surface area contributed by atoms with Gasteiger partial charge in [-0.25, -0.2) is 0 Å². The van der Waals surface area contributed by atoms with Gasteiger partial charge in [-0.1, -0.05) is 23.2 Å². The lowest BCUT2D eigenvalue weighted by atomic mass is 10.1. The van der Waals surface area contributed by atoms with Gasteiger partial charge >= 0.3 is 0 Å². The molecule has 0 aliphatic rings. The second-order valence-electron chi connectivity index (χ2n) is 5.63. The van der Waals surface area contributed by atoms with Crippen LogP contribution in [-0.4, -0.2) is 9.61 Å². The van der Waals surface area contributed by atoms with Crippen LogP contribution in [0.1, 0.15) is 17.2 Å². The first-order valence-electron chi connectivity index (χ1n) is 7.64. The fourth-order valence-electron chi connectivity index (χ4n) is 2.76. The minimum atomic E-state index is 0.298. The van der Waals surface area contributed by atoms with Crippen molar-refractivity contribution in [1.82, 2.24) is 9.61 Å². The summed E-state index contributed by atoms with van der Waals surface area (Å²) < 4.78 is 18.8. The van der Waals surface area contributed by atoms with E-state index in [1.165, 1.54) is 0 Å². The van der Waals surface area contributed by atoms with Crippen LogP contribution < -0.4 is 4.74 Å². The topological polar surface area (TPSA) is 52.8 Å². The minimum Gasteiger partial charge on any atom is -0.478 e. The second-order valence-corrected chi connectivity index (χ2v) is 6.47. The number of hydrogen-bond donors (Lipinski definition) is 0. The third-order valence-electron chi connectivity index (χ3n) is 3.89. The molecule has 7 heteroatoms. The fourth-order valence-corrected chi connectivity index (χ4v) is 3.26. The molecule has 0 amide bonds. The maximum atomic E-state index is 6.36. The summed E-state index contributed by atoms with van der Waals surface area (Å²) in [6.45, 7) is 4.02. The quantitative estimate of drug-likeness (QED) is 0.459. The summed E-state index contributed by atoms with van der Waals surface area (Å²) in [5.41, 5.74) is 2.81. The normalized spacial score (nSPS) is 11.4. The van der Waals surface area contributed by atoms with Crippen molar-refractivity contribution in [3.8, 4) is 17.0 Å². The molecule has 0 fully saturated rings. The minimum absolute atomic E-state index is 0.298. The number of rotatable bonds is 4. The van der Waals surface area contributed by atoms with Gasteiger partial charge < -0.3 is 13.6 Å². The molecular weight excluding hydrogens is 363 g/mol. The standard InChI is InChI=1S/C18H14Cl2N2O3/c1-10-17(24-9-13-4-3-7-23-13)18-22(21-10)16(11(2)25-18)14-6-5-12(19)8-15(14)20/h3-8H,9H2,1-2H3. The Kier molecular flexibility index (Phi) is 3.98. The van der Waals surface area contributed by atoms with Crippen molar-refractivity contribution in [2.75, 3.05) is 0 Å². The highest BCUT2D eigenvalue weighted by atomic mass is 35.5. The molecule has 4 aromatic rings. The first-order chi connectivity index (χ1) is 12.0. The highest BCUT2D eigenvalue weighted by Crippen LogP contribution is 2.37. The van der Waals surface area contributed by atoms with Crippen LogP contribution in [0.25, 0.3) is 17.0 Å². The van der Waals surface area contributed by atoms with Crippen LogP contribution in [0.5, 0.6) is 5.75 Å². The van der Waals surface area contributed by atoms with Crippen molar-refractivity contribution in [2.24, 2.45) is 0 Å². The van der Waals surface area contributed by atoms with Crippen molar-refractivity contribution in [1.29, 1.82) is 0 Å². The van der Waals surface area contributed by atoms with Crippen molar-refractivity contribution < 1.29 is 13.6 Å². The monoisotopic (exact) mass is 376 g/mol. The molecule has 25 heavy (non-hydrogen) atoms. The van der Waals surface area contributed by atoms with Gasteiger partial charge in [0.2, 0.25) is 5.75 Å². The van der Waals surface area contributed by atoms with E-state index in [-0.39, 0.29) is 0 Å². The Labute approximate surface area is 153 Å². The summed E-state index contributed by atoms with van der Waals surface area (Å²) in [4.78, 5) is 0. The van der Waals surface area contributed by atoms with Crippen molar-refractivity contribution in [3.05, 3.63) is 63.9 Å². The fraction of sp³-hybridized carbons (Fsp3) is 0.167. The molecule has 4 rings (SSSR count). The SMILES string of the molecule is Cc1nn2c(-c3ccc(Cl)cc3Cl)c(C)oc2c1OCc1ccco1. The molecule has 0 aliphatic heterocycles. The van der Waals surface area contributed by atoms with Crippen molar-refractivity contribution in [3.63, 3.8) is 0 Å². The van der Waals surface area contributed by atoms with E-state index in [9.17, 15) is 0 Å². The molecule has 0 bridgehead atoms. The smallest absolute Gasteiger partial charge is 0.266 e. The van der Waals surface area contributed by atoms with E-state index in [0.29, 0.717) is 33.9 Å². The summed E-state index contributed by atoms with van der Waals surface area (Å²) in [7, 11) is 0. The molecule has 0 unspecified atom stereocenters. The van der Waals surface area contributed by atoms with Gasteiger partial charge in [0, 0.05) is 10.6 Å². The maximum Gasteiger partial charge on any atom is 0.266 e. The summed E-state index contributed by atoms with van der Waals surface area (Å²) in [6, 6.07) is 8.99. The lowest BCUT2D eigenvalue weighted by molar-refractivity contribution is 0.268. The zero-order valence-corrected chi connectivity index (χ0v) is 15.1. The van der Waals surface area contributed by atoms with Gasteiger partial charge in [0.05, 0.1) is 11.3 Å². The number of halogens is 2. The number of furan rings is 1. The van der Waals surface area contributed by atoms with Gasteiger partial charge in [0.1, 0.15) is 29.5 Å². The summed E-state index contributed by atoms with van der Waals surface area (Å²) in [5.74, 6) is 1.99. The maximum absolute atomic E-state index is 6.36. The number of fused-ring (bicyclic) bond motifs is 1. The Morgan fingerprint density at radius 2 is 2.04 bits per heavy atom. The van der Waals surface area contributed by atoms with Gasteiger partial charge in [0.15, 0.2) is 0 Å². The van der Waals surface area contributed by atoms with Crippen LogP contribution in [0.3, 0.4) is 0 Å². The molecule has 128 valence electrons. The van der Waals surface area contributed by atoms with E-state index in [2.05, 4.69) is 5.10 Å². The Morgan fingerprint density at radius 3 is 2.76 bits per heavy atom. The highest BCUT2D eigenvalue weighted by Gasteiger charge is 2.23. The Morgan fingerprint density at radius 1 is 1.20 bits per heavy atom. The molecule has 0 spiro atoms. The molecule has 3 heterocycles. The van der Waals surface area contributed by atoms with Gasteiger partial charge in [-0.2, -0.15) is 9.61 Å². The molecule has 0 radical (unpaired) electrons. The van der Waals surface area contributed by atoms with Crippen molar-refractivity contribution >= 4 is 28.9 Å². The molecule has 0 saturated carbocycles.